The molecule has 0 radical (unpaired) electrons. The molecule has 0 amide bonds. The van der Waals surface area contributed by atoms with Crippen LogP contribution < -0.4 is 0 Å². The van der Waals surface area contributed by atoms with Crippen LogP contribution in [0.3, 0.4) is 0 Å². The summed E-state index contributed by atoms with van der Waals surface area (Å²) in [5, 5.41) is 0. The topological polar surface area (TPSA) is 0 Å². The Labute approximate surface area is 84.7 Å². The molecule has 0 saturated heterocycles. The van der Waals surface area contributed by atoms with Crippen LogP contribution in [0.2, 0.25) is 0 Å². The van der Waals surface area contributed by atoms with Crippen molar-refractivity contribution < 1.29 is 4.48 Å². The number of nitrogens with zero attached hydrogens (tertiary/aromatic N) is 1. The first kappa shape index (κ1) is 13.0. The highest BCUT2D eigenvalue weighted by Gasteiger charge is 2.28. The predicted octanol–water partition coefficient (Wildman–Crippen LogP) is 3.44. The third-order valence-electron chi connectivity index (χ3n) is 3.60. The normalized spacial score (nSPS) is 12.9. The van der Waals surface area contributed by atoms with Crippen molar-refractivity contribution in [3.8, 4) is 0 Å². The van der Waals surface area contributed by atoms with E-state index in [-0.39, 0.29) is 0 Å². The molecular weight excluding hydrogens is 158 g/mol. The smallest absolute Gasteiger partial charge is 0.0833 e. The molecule has 1 heteroatoms. The van der Waals surface area contributed by atoms with Gasteiger partial charge in [0.2, 0.25) is 0 Å². The second kappa shape index (κ2) is 5.64. The average molecular weight is 186 g/mol. The summed E-state index contributed by atoms with van der Waals surface area (Å²) in [6.45, 7) is 13.0. The van der Waals surface area contributed by atoms with E-state index in [1.54, 1.807) is 0 Å². The van der Waals surface area contributed by atoms with E-state index >= 15 is 0 Å². The lowest BCUT2D eigenvalue weighted by Crippen LogP contribution is -2.54. The van der Waals surface area contributed by atoms with Gasteiger partial charge in [0.25, 0.3) is 0 Å². The zero-order chi connectivity index (χ0) is 10.5. The van der Waals surface area contributed by atoms with Crippen molar-refractivity contribution in [3.05, 3.63) is 0 Å². The molecule has 0 heterocycles. The Morgan fingerprint density at radius 2 is 1.38 bits per heavy atom. The molecule has 0 saturated carbocycles. The molecule has 0 N–H and O–H groups in total. The van der Waals surface area contributed by atoms with E-state index in [2.05, 4.69) is 41.7 Å². The molecule has 0 aliphatic carbocycles. The van der Waals surface area contributed by atoms with Gasteiger partial charge < -0.3 is 4.48 Å². The molecule has 0 rings (SSSR count). The summed E-state index contributed by atoms with van der Waals surface area (Å²) in [4.78, 5) is 0. The Hall–Kier alpha value is -0.0400. The SMILES string of the molecule is CCCCC[N+](C)(C(C)C)C(C)C. The molecule has 0 atom stereocenters. The van der Waals surface area contributed by atoms with Crippen LogP contribution in [0.5, 0.6) is 0 Å². The molecule has 0 aliphatic heterocycles. The number of unbranched alkanes of at least 4 members (excludes halogenated alkanes) is 2. The van der Waals surface area contributed by atoms with Gasteiger partial charge in [-0.05, 0) is 40.5 Å². The first-order chi connectivity index (χ1) is 5.95. The van der Waals surface area contributed by atoms with Gasteiger partial charge in [0.05, 0.1) is 25.7 Å². The van der Waals surface area contributed by atoms with Gasteiger partial charge in [-0.2, -0.15) is 0 Å². The van der Waals surface area contributed by atoms with Gasteiger partial charge in [0, 0.05) is 0 Å². The van der Waals surface area contributed by atoms with Crippen molar-refractivity contribution in [3.63, 3.8) is 0 Å². The maximum atomic E-state index is 2.39. The summed E-state index contributed by atoms with van der Waals surface area (Å²) < 4.78 is 1.22. The Morgan fingerprint density at radius 3 is 1.69 bits per heavy atom. The first-order valence-corrected chi connectivity index (χ1v) is 5.80. The fourth-order valence-corrected chi connectivity index (χ4v) is 1.82. The molecule has 0 aromatic carbocycles. The molecule has 80 valence electrons. The van der Waals surface area contributed by atoms with Crippen molar-refractivity contribution in [2.75, 3.05) is 13.6 Å². The number of quaternary nitrogens is 1. The minimum Gasteiger partial charge on any atom is -0.322 e. The second-order valence-corrected chi connectivity index (χ2v) is 4.97. The summed E-state index contributed by atoms with van der Waals surface area (Å²) in [6, 6.07) is 1.49. The highest BCUT2D eigenvalue weighted by molar-refractivity contribution is 4.51. The molecule has 1 nitrogen and oxygen atoms in total. The van der Waals surface area contributed by atoms with Gasteiger partial charge in [-0.3, -0.25) is 0 Å². The van der Waals surface area contributed by atoms with Crippen LogP contribution in [0.15, 0.2) is 0 Å². The van der Waals surface area contributed by atoms with Crippen molar-refractivity contribution in [1.82, 2.24) is 0 Å². The molecule has 0 aromatic rings. The van der Waals surface area contributed by atoms with Gasteiger partial charge in [-0.25, -0.2) is 0 Å². The van der Waals surface area contributed by atoms with Gasteiger partial charge >= 0.3 is 0 Å². The van der Waals surface area contributed by atoms with E-state index in [1.807, 2.05) is 0 Å². The third kappa shape index (κ3) is 3.68. The van der Waals surface area contributed by atoms with Crippen LogP contribution in [0, 0.1) is 0 Å². The van der Waals surface area contributed by atoms with E-state index in [4.69, 9.17) is 0 Å². The lowest BCUT2D eigenvalue weighted by atomic mass is 10.1. The summed E-state index contributed by atoms with van der Waals surface area (Å²) in [6.07, 6.45) is 4.09. The average Bonchev–Trinajstić information content (AvgIpc) is 2.03. The summed E-state index contributed by atoms with van der Waals surface area (Å²) in [5.74, 6) is 0. The van der Waals surface area contributed by atoms with Crippen LogP contribution in [0.1, 0.15) is 53.9 Å². The van der Waals surface area contributed by atoms with Crippen LogP contribution in [-0.2, 0) is 0 Å². The van der Waals surface area contributed by atoms with Crippen molar-refractivity contribution in [2.24, 2.45) is 0 Å². The number of hydrogen-bond acceptors (Lipinski definition) is 0. The lowest BCUT2D eigenvalue weighted by molar-refractivity contribution is -0.949. The van der Waals surface area contributed by atoms with Crippen LogP contribution in [-0.4, -0.2) is 30.2 Å². The minimum atomic E-state index is 0.747. The molecule has 0 spiro atoms. The fourth-order valence-electron chi connectivity index (χ4n) is 1.82. The van der Waals surface area contributed by atoms with Gasteiger partial charge in [-0.15, -0.1) is 0 Å². The van der Waals surface area contributed by atoms with E-state index < -0.39 is 0 Å². The van der Waals surface area contributed by atoms with Gasteiger partial charge in [0.1, 0.15) is 0 Å². The third-order valence-corrected chi connectivity index (χ3v) is 3.60. The van der Waals surface area contributed by atoms with E-state index in [1.165, 1.54) is 30.3 Å². The van der Waals surface area contributed by atoms with E-state index in [9.17, 15) is 0 Å². The zero-order valence-electron chi connectivity index (χ0n) is 10.4. The molecule has 13 heavy (non-hydrogen) atoms. The highest BCUT2D eigenvalue weighted by atomic mass is 15.4. The summed E-state index contributed by atoms with van der Waals surface area (Å²) >= 11 is 0. The quantitative estimate of drug-likeness (QED) is 0.440. The molecule has 0 bridgehead atoms. The maximum Gasteiger partial charge on any atom is 0.0833 e. The van der Waals surface area contributed by atoms with Crippen molar-refractivity contribution in [2.45, 2.75) is 66.0 Å². The fraction of sp³-hybridized carbons (Fsp3) is 1.00. The van der Waals surface area contributed by atoms with Crippen molar-refractivity contribution in [1.29, 1.82) is 0 Å². The van der Waals surface area contributed by atoms with Crippen LogP contribution in [0.4, 0.5) is 0 Å². The van der Waals surface area contributed by atoms with E-state index in [0.29, 0.717) is 0 Å². The van der Waals surface area contributed by atoms with Crippen molar-refractivity contribution >= 4 is 0 Å². The predicted molar refractivity (Wildman–Crippen MR) is 60.8 cm³/mol. The van der Waals surface area contributed by atoms with Gasteiger partial charge in [-0.1, -0.05) is 13.3 Å². The zero-order valence-corrected chi connectivity index (χ0v) is 10.4. The summed E-state index contributed by atoms with van der Waals surface area (Å²) in [5.41, 5.74) is 0. The number of hydrogen-bond donors (Lipinski definition) is 0. The van der Waals surface area contributed by atoms with Gasteiger partial charge in [0.15, 0.2) is 0 Å². The Morgan fingerprint density at radius 1 is 0.923 bits per heavy atom. The Balaban J connectivity index is 4.09. The highest BCUT2D eigenvalue weighted by Crippen LogP contribution is 2.17. The molecule has 0 fully saturated rings. The largest absolute Gasteiger partial charge is 0.322 e. The monoisotopic (exact) mass is 186 g/mol. The minimum absolute atomic E-state index is 0.747. The molecule has 0 aliphatic rings. The molecule has 0 unspecified atom stereocenters. The number of rotatable bonds is 6. The maximum absolute atomic E-state index is 2.39. The second-order valence-electron chi connectivity index (χ2n) is 4.97. The standard InChI is InChI=1S/C12H28N/c1-7-8-9-10-13(6,11(2)3)12(4)5/h11-12H,7-10H2,1-6H3/q+1. The van der Waals surface area contributed by atoms with Crippen LogP contribution >= 0.6 is 0 Å². The Bertz CT molecular complexity index is 119. The Kier molecular flexibility index (Phi) is 5.62. The van der Waals surface area contributed by atoms with Crippen LogP contribution in [0.25, 0.3) is 0 Å². The van der Waals surface area contributed by atoms with E-state index in [0.717, 1.165) is 12.1 Å². The lowest BCUT2D eigenvalue weighted by Gasteiger charge is -2.42. The molecular formula is C12H28N+. The molecule has 0 aromatic heterocycles. The first-order valence-electron chi connectivity index (χ1n) is 5.80. The summed E-state index contributed by atoms with van der Waals surface area (Å²) in [7, 11) is 2.39.